The molecule has 0 aromatic heterocycles. The van der Waals surface area contributed by atoms with E-state index in [9.17, 15) is 18.7 Å². The minimum Gasteiger partial charge on any atom is -0.507 e. The predicted octanol–water partition coefficient (Wildman–Crippen LogP) is 3.15. The standard InChI is InChI=1S/C13H8F2O2/c14-9-4-5-12(15)11(6-9)10-3-1-2-8(7-16)13(10)17/h1-7,17H. The second-order valence-electron chi connectivity index (χ2n) is 3.49. The van der Waals surface area contributed by atoms with Crippen LogP contribution in [0, 0.1) is 11.6 Å². The minimum atomic E-state index is -0.662. The smallest absolute Gasteiger partial charge is 0.153 e. The summed E-state index contributed by atoms with van der Waals surface area (Å²) in [5.41, 5.74) is 0.0453. The third kappa shape index (κ3) is 2.01. The molecule has 2 aromatic carbocycles. The van der Waals surface area contributed by atoms with Gasteiger partial charge in [-0.2, -0.15) is 0 Å². The number of hydrogen-bond acceptors (Lipinski definition) is 2. The van der Waals surface area contributed by atoms with Gasteiger partial charge in [-0.1, -0.05) is 12.1 Å². The maximum Gasteiger partial charge on any atom is 0.153 e. The number of halogens is 2. The largest absolute Gasteiger partial charge is 0.507 e. The minimum absolute atomic E-state index is 0.0335. The van der Waals surface area contributed by atoms with Gasteiger partial charge in [-0.15, -0.1) is 0 Å². The molecule has 0 spiro atoms. The molecular weight excluding hydrogens is 226 g/mol. The van der Waals surface area contributed by atoms with Gasteiger partial charge < -0.3 is 5.11 Å². The number of aldehydes is 1. The van der Waals surface area contributed by atoms with Gasteiger partial charge in [0.2, 0.25) is 0 Å². The van der Waals surface area contributed by atoms with Crippen LogP contribution in [0.15, 0.2) is 36.4 Å². The average molecular weight is 234 g/mol. The summed E-state index contributed by atoms with van der Waals surface area (Å²) in [5, 5.41) is 9.74. The lowest BCUT2D eigenvalue weighted by Gasteiger charge is -2.07. The molecule has 0 heterocycles. The third-order valence-electron chi connectivity index (χ3n) is 2.41. The van der Waals surface area contributed by atoms with Gasteiger partial charge in [0.1, 0.15) is 17.4 Å². The summed E-state index contributed by atoms with van der Waals surface area (Å²) in [6, 6.07) is 7.22. The zero-order chi connectivity index (χ0) is 12.4. The molecule has 2 aromatic rings. The van der Waals surface area contributed by atoms with Crippen molar-refractivity contribution >= 4 is 6.29 Å². The first kappa shape index (κ1) is 11.3. The molecule has 0 bridgehead atoms. The quantitative estimate of drug-likeness (QED) is 0.810. The zero-order valence-corrected chi connectivity index (χ0v) is 8.65. The first-order valence-electron chi connectivity index (χ1n) is 4.86. The molecule has 0 amide bonds. The van der Waals surface area contributed by atoms with Gasteiger partial charge in [0.05, 0.1) is 5.56 Å². The van der Waals surface area contributed by atoms with Crippen molar-refractivity contribution in [2.24, 2.45) is 0 Å². The topological polar surface area (TPSA) is 37.3 Å². The van der Waals surface area contributed by atoms with E-state index in [-0.39, 0.29) is 22.4 Å². The van der Waals surface area contributed by atoms with E-state index >= 15 is 0 Å². The van der Waals surface area contributed by atoms with Crippen molar-refractivity contribution in [2.45, 2.75) is 0 Å². The van der Waals surface area contributed by atoms with Gasteiger partial charge >= 0.3 is 0 Å². The van der Waals surface area contributed by atoms with E-state index in [0.29, 0.717) is 6.29 Å². The molecule has 86 valence electrons. The summed E-state index contributed by atoms with van der Waals surface area (Å²) < 4.78 is 26.5. The van der Waals surface area contributed by atoms with Crippen LogP contribution in [0.3, 0.4) is 0 Å². The molecule has 1 N–H and O–H groups in total. The van der Waals surface area contributed by atoms with Gasteiger partial charge in [0.15, 0.2) is 6.29 Å². The van der Waals surface area contributed by atoms with E-state index < -0.39 is 11.6 Å². The fourth-order valence-corrected chi connectivity index (χ4v) is 1.58. The monoisotopic (exact) mass is 234 g/mol. The molecule has 0 saturated carbocycles. The number of carbonyl (C=O) groups excluding carboxylic acids is 1. The first-order chi connectivity index (χ1) is 8.13. The Balaban J connectivity index is 2.68. The van der Waals surface area contributed by atoms with Gasteiger partial charge in [0, 0.05) is 11.1 Å². The average Bonchev–Trinajstić information content (AvgIpc) is 2.33. The van der Waals surface area contributed by atoms with Crippen LogP contribution >= 0.6 is 0 Å². The Labute approximate surface area is 96.1 Å². The van der Waals surface area contributed by atoms with Crippen LogP contribution in [0.4, 0.5) is 8.78 Å². The summed E-state index contributed by atoms with van der Waals surface area (Å²) in [6.45, 7) is 0. The number of para-hydroxylation sites is 1. The molecule has 0 aliphatic carbocycles. The molecule has 4 heteroatoms. The number of rotatable bonds is 2. The maximum absolute atomic E-state index is 13.5. The van der Waals surface area contributed by atoms with E-state index in [1.54, 1.807) is 0 Å². The van der Waals surface area contributed by atoms with Crippen LogP contribution in [-0.4, -0.2) is 11.4 Å². The lowest BCUT2D eigenvalue weighted by Crippen LogP contribution is -1.90. The van der Waals surface area contributed by atoms with Crippen molar-refractivity contribution in [3.63, 3.8) is 0 Å². The lowest BCUT2D eigenvalue weighted by atomic mass is 10.0. The van der Waals surface area contributed by atoms with Crippen molar-refractivity contribution in [3.8, 4) is 16.9 Å². The molecule has 0 radical (unpaired) electrons. The van der Waals surface area contributed by atoms with Gasteiger partial charge in [-0.05, 0) is 24.3 Å². The molecular formula is C13H8F2O2. The van der Waals surface area contributed by atoms with Crippen LogP contribution < -0.4 is 0 Å². The highest BCUT2D eigenvalue weighted by atomic mass is 19.1. The maximum atomic E-state index is 13.5. The molecule has 0 saturated heterocycles. The highest BCUT2D eigenvalue weighted by Gasteiger charge is 2.12. The molecule has 2 nitrogen and oxygen atoms in total. The van der Waals surface area contributed by atoms with Gasteiger partial charge in [-0.3, -0.25) is 4.79 Å². The Hall–Kier alpha value is -2.23. The van der Waals surface area contributed by atoms with Crippen molar-refractivity contribution in [1.82, 2.24) is 0 Å². The summed E-state index contributed by atoms with van der Waals surface area (Å²) in [7, 11) is 0. The van der Waals surface area contributed by atoms with E-state index in [1.807, 2.05) is 0 Å². The van der Waals surface area contributed by atoms with Crippen molar-refractivity contribution in [3.05, 3.63) is 53.6 Å². The zero-order valence-electron chi connectivity index (χ0n) is 8.65. The van der Waals surface area contributed by atoms with E-state index in [4.69, 9.17) is 0 Å². The number of aromatic hydroxyl groups is 1. The van der Waals surface area contributed by atoms with Crippen LogP contribution in [0.2, 0.25) is 0 Å². The number of hydrogen-bond donors (Lipinski definition) is 1. The Bertz CT molecular complexity index is 580. The summed E-state index contributed by atoms with van der Waals surface area (Å²) in [4.78, 5) is 10.6. The Morgan fingerprint density at radius 3 is 2.53 bits per heavy atom. The molecule has 0 atom stereocenters. The second-order valence-corrected chi connectivity index (χ2v) is 3.49. The fourth-order valence-electron chi connectivity index (χ4n) is 1.58. The number of benzene rings is 2. The molecule has 0 aliphatic rings. The molecule has 0 aliphatic heterocycles. The number of phenolic OH excluding ortho intramolecular Hbond substituents is 1. The second kappa shape index (κ2) is 4.33. The molecule has 17 heavy (non-hydrogen) atoms. The summed E-state index contributed by atoms with van der Waals surface area (Å²) >= 11 is 0. The van der Waals surface area contributed by atoms with Gasteiger partial charge in [0.25, 0.3) is 0 Å². The fraction of sp³-hybridized carbons (Fsp3) is 0. The third-order valence-corrected chi connectivity index (χ3v) is 2.41. The molecule has 2 rings (SSSR count). The number of phenols is 1. The van der Waals surface area contributed by atoms with Crippen LogP contribution in [0.25, 0.3) is 11.1 Å². The van der Waals surface area contributed by atoms with E-state index in [0.717, 1.165) is 18.2 Å². The Morgan fingerprint density at radius 2 is 1.82 bits per heavy atom. The van der Waals surface area contributed by atoms with Crippen molar-refractivity contribution in [1.29, 1.82) is 0 Å². The Kier molecular flexibility index (Phi) is 2.87. The summed E-state index contributed by atoms with van der Waals surface area (Å²) in [5.74, 6) is -1.63. The highest BCUT2D eigenvalue weighted by molar-refractivity contribution is 5.85. The van der Waals surface area contributed by atoms with E-state index in [1.165, 1.54) is 18.2 Å². The Morgan fingerprint density at radius 1 is 1.06 bits per heavy atom. The normalized spacial score (nSPS) is 10.2. The van der Waals surface area contributed by atoms with Crippen molar-refractivity contribution in [2.75, 3.05) is 0 Å². The van der Waals surface area contributed by atoms with Crippen molar-refractivity contribution < 1.29 is 18.7 Å². The predicted molar refractivity (Wildman–Crippen MR) is 58.8 cm³/mol. The number of carbonyl (C=O) groups is 1. The van der Waals surface area contributed by atoms with Crippen LogP contribution in [0.1, 0.15) is 10.4 Å². The van der Waals surface area contributed by atoms with Crippen LogP contribution in [0.5, 0.6) is 5.75 Å². The van der Waals surface area contributed by atoms with Gasteiger partial charge in [-0.25, -0.2) is 8.78 Å². The van der Waals surface area contributed by atoms with E-state index in [2.05, 4.69) is 0 Å². The first-order valence-corrected chi connectivity index (χ1v) is 4.86. The lowest BCUT2D eigenvalue weighted by molar-refractivity contribution is 0.112. The van der Waals surface area contributed by atoms with Crippen LogP contribution in [-0.2, 0) is 0 Å². The SMILES string of the molecule is O=Cc1cccc(-c2cc(F)ccc2F)c1O. The summed E-state index contributed by atoms with van der Waals surface area (Å²) in [6.07, 6.45) is 0.454. The molecule has 0 fully saturated rings. The molecule has 0 unspecified atom stereocenters. The highest BCUT2D eigenvalue weighted by Crippen LogP contribution is 2.33.